The molecule has 1 aliphatic heterocycles. The Balaban J connectivity index is 1.34. The maximum atomic E-state index is 13.4. The fraction of sp³-hybridized carbons (Fsp3) is 0.320. The first-order chi connectivity index (χ1) is 16.0. The smallest absolute Gasteiger partial charge is 0.229 e. The van der Waals surface area contributed by atoms with E-state index < -0.39 is 0 Å². The molecule has 2 aromatic heterocycles. The van der Waals surface area contributed by atoms with Crippen LogP contribution in [0.2, 0.25) is 0 Å². The molecule has 1 saturated heterocycles. The summed E-state index contributed by atoms with van der Waals surface area (Å²) in [5.41, 5.74) is 3.53. The maximum Gasteiger partial charge on any atom is 0.229 e. The molecule has 0 spiro atoms. The SMILES string of the molecule is Cc1nn(-c2ccc(F)cc2)c2nc(N3CCCN(C(=O)C(C)c4ccccc4)CC3)sc12. The van der Waals surface area contributed by atoms with E-state index in [-0.39, 0.29) is 17.6 Å². The molecule has 33 heavy (non-hydrogen) atoms. The van der Waals surface area contributed by atoms with Crippen molar-refractivity contribution >= 4 is 32.7 Å². The Bertz CT molecular complexity index is 1270. The van der Waals surface area contributed by atoms with Crippen LogP contribution in [0.25, 0.3) is 16.0 Å². The topological polar surface area (TPSA) is 54.3 Å². The summed E-state index contributed by atoms with van der Waals surface area (Å²) in [5.74, 6) is -0.247. The normalized spacial score (nSPS) is 15.6. The number of aryl methyl sites for hydroxylation is 1. The van der Waals surface area contributed by atoms with Crippen molar-refractivity contribution in [3.05, 3.63) is 71.7 Å². The highest BCUT2D eigenvalue weighted by molar-refractivity contribution is 7.22. The third kappa shape index (κ3) is 4.23. The third-order valence-electron chi connectivity index (χ3n) is 6.20. The molecule has 2 aromatic carbocycles. The molecule has 0 aliphatic carbocycles. The van der Waals surface area contributed by atoms with Crippen LogP contribution in [0.1, 0.15) is 30.5 Å². The third-order valence-corrected chi connectivity index (χ3v) is 7.41. The number of thiazole rings is 1. The molecule has 8 heteroatoms. The van der Waals surface area contributed by atoms with E-state index in [2.05, 4.69) is 10.00 Å². The summed E-state index contributed by atoms with van der Waals surface area (Å²) in [4.78, 5) is 22.3. The van der Waals surface area contributed by atoms with Crippen LogP contribution >= 0.6 is 11.3 Å². The lowest BCUT2D eigenvalue weighted by atomic mass is 10.00. The summed E-state index contributed by atoms with van der Waals surface area (Å²) in [7, 11) is 0. The Hall–Kier alpha value is -3.26. The number of halogens is 1. The van der Waals surface area contributed by atoms with Crippen LogP contribution in [0.15, 0.2) is 54.6 Å². The summed E-state index contributed by atoms with van der Waals surface area (Å²) >= 11 is 1.63. The van der Waals surface area contributed by atoms with Crippen LogP contribution < -0.4 is 4.90 Å². The van der Waals surface area contributed by atoms with E-state index >= 15 is 0 Å². The highest BCUT2D eigenvalue weighted by atomic mass is 32.1. The van der Waals surface area contributed by atoms with Gasteiger partial charge in [0, 0.05) is 26.2 Å². The van der Waals surface area contributed by atoms with Gasteiger partial charge in [-0.25, -0.2) is 9.07 Å². The van der Waals surface area contributed by atoms with E-state index in [1.54, 1.807) is 28.2 Å². The first-order valence-corrected chi connectivity index (χ1v) is 12.0. The monoisotopic (exact) mass is 463 g/mol. The fourth-order valence-corrected chi connectivity index (χ4v) is 5.35. The van der Waals surface area contributed by atoms with Gasteiger partial charge in [0.2, 0.25) is 5.91 Å². The number of hydrogen-bond acceptors (Lipinski definition) is 5. The molecule has 1 aliphatic rings. The van der Waals surface area contributed by atoms with Gasteiger partial charge in [0.1, 0.15) is 5.82 Å². The average Bonchev–Trinajstić information content (AvgIpc) is 3.30. The molecule has 1 amide bonds. The zero-order valence-electron chi connectivity index (χ0n) is 18.7. The zero-order chi connectivity index (χ0) is 22.9. The van der Waals surface area contributed by atoms with E-state index in [9.17, 15) is 9.18 Å². The predicted octanol–water partition coefficient (Wildman–Crippen LogP) is 4.77. The number of benzene rings is 2. The predicted molar refractivity (Wildman–Crippen MR) is 130 cm³/mol. The number of rotatable bonds is 4. The number of carbonyl (C=O) groups excluding carboxylic acids is 1. The summed E-state index contributed by atoms with van der Waals surface area (Å²) in [6.07, 6.45) is 0.895. The first-order valence-electron chi connectivity index (χ1n) is 11.2. The molecule has 0 N–H and O–H groups in total. The highest BCUT2D eigenvalue weighted by Crippen LogP contribution is 2.33. The highest BCUT2D eigenvalue weighted by Gasteiger charge is 2.26. The molecule has 0 saturated carbocycles. The van der Waals surface area contributed by atoms with Gasteiger partial charge in [-0.3, -0.25) is 4.79 Å². The molecule has 5 rings (SSSR count). The second kappa shape index (κ2) is 8.94. The van der Waals surface area contributed by atoms with E-state index in [1.807, 2.05) is 49.1 Å². The van der Waals surface area contributed by atoms with Crippen molar-refractivity contribution in [2.24, 2.45) is 0 Å². The van der Waals surface area contributed by atoms with Crippen LogP contribution in [0, 0.1) is 12.7 Å². The van der Waals surface area contributed by atoms with Gasteiger partial charge in [-0.1, -0.05) is 41.7 Å². The molecule has 0 radical (unpaired) electrons. The maximum absolute atomic E-state index is 13.4. The lowest BCUT2D eigenvalue weighted by Crippen LogP contribution is -2.37. The van der Waals surface area contributed by atoms with Crippen molar-refractivity contribution in [3.63, 3.8) is 0 Å². The van der Waals surface area contributed by atoms with Gasteiger partial charge in [-0.15, -0.1) is 0 Å². The number of hydrogen-bond donors (Lipinski definition) is 0. The Morgan fingerprint density at radius 3 is 2.55 bits per heavy atom. The van der Waals surface area contributed by atoms with Crippen LogP contribution in [-0.2, 0) is 4.79 Å². The molecule has 170 valence electrons. The van der Waals surface area contributed by atoms with Gasteiger partial charge in [-0.05, 0) is 50.1 Å². The van der Waals surface area contributed by atoms with Crippen LogP contribution in [-0.4, -0.2) is 51.8 Å². The van der Waals surface area contributed by atoms with Crippen molar-refractivity contribution in [3.8, 4) is 5.69 Å². The van der Waals surface area contributed by atoms with Gasteiger partial charge < -0.3 is 9.80 Å². The molecule has 0 bridgehead atoms. The second-order valence-electron chi connectivity index (χ2n) is 8.42. The van der Waals surface area contributed by atoms with Gasteiger partial charge in [0.25, 0.3) is 0 Å². The average molecular weight is 464 g/mol. The first kappa shape index (κ1) is 21.6. The van der Waals surface area contributed by atoms with Crippen molar-refractivity contribution in [2.45, 2.75) is 26.2 Å². The van der Waals surface area contributed by atoms with Crippen molar-refractivity contribution < 1.29 is 9.18 Å². The number of carbonyl (C=O) groups is 1. The lowest BCUT2D eigenvalue weighted by Gasteiger charge is -2.25. The Labute approximate surface area is 196 Å². The molecular formula is C25H26FN5OS. The summed E-state index contributed by atoms with van der Waals surface area (Å²) in [6, 6.07) is 16.2. The van der Waals surface area contributed by atoms with Gasteiger partial charge >= 0.3 is 0 Å². The number of anilines is 1. The fourth-order valence-electron chi connectivity index (χ4n) is 4.31. The minimum atomic E-state index is -0.275. The van der Waals surface area contributed by atoms with E-state index in [0.717, 1.165) is 58.5 Å². The zero-order valence-corrected chi connectivity index (χ0v) is 19.6. The van der Waals surface area contributed by atoms with Crippen LogP contribution in [0.3, 0.4) is 0 Å². The molecule has 1 fully saturated rings. The van der Waals surface area contributed by atoms with Gasteiger partial charge in [-0.2, -0.15) is 10.1 Å². The molecule has 1 atom stereocenters. The number of amides is 1. The summed E-state index contributed by atoms with van der Waals surface area (Å²) < 4.78 is 16.2. The minimum absolute atomic E-state index is 0.149. The van der Waals surface area contributed by atoms with Gasteiger partial charge in [0.05, 0.1) is 22.0 Å². The number of fused-ring (bicyclic) bond motifs is 1. The quantitative estimate of drug-likeness (QED) is 0.437. The number of nitrogens with zero attached hydrogens (tertiary/aromatic N) is 5. The lowest BCUT2D eigenvalue weighted by molar-refractivity contribution is -0.132. The second-order valence-corrected chi connectivity index (χ2v) is 9.40. The van der Waals surface area contributed by atoms with Crippen molar-refractivity contribution in [2.75, 3.05) is 31.1 Å². The standard InChI is InChI=1S/C25H26FN5OS/c1-17(19-7-4-3-5-8-19)24(32)29-13-6-14-30(16-15-29)25-27-23-22(33-25)18(2)28-31(23)21-11-9-20(26)10-12-21/h3-5,7-12,17H,6,13-16H2,1-2H3. The largest absolute Gasteiger partial charge is 0.346 e. The molecule has 1 unspecified atom stereocenters. The van der Waals surface area contributed by atoms with Gasteiger partial charge in [0.15, 0.2) is 10.8 Å². The Morgan fingerprint density at radius 2 is 1.79 bits per heavy atom. The molecule has 4 aromatic rings. The Kier molecular flexibility index (Phi) is 5.85. The van der Waals surface area contributed by atoms with Crippen LogP contribution in [0.5, 0.6) is 0 Å². The summed E-state index contributed by atoms with van der Waals surface area (Å²) in [6.45, 7) is 6.97. The van der Waals surface area contributed by atoms with E-state index in [4.69, 9.17) is 4.98 Å². The van der Waals surface area contributed by atoms with E-state index in [1.165, 1.54) is 12.1 Å². The van der Waals surface area contributed by atoms with Crippen LogP contribution in [0.4, 0.5) is 9.52 Å². The Morgan fingerprint density at radius 1 is 1.03 bits per heavy atom. The van der Waals surface area contributed by atoms with Crippen molar-refractivity contribution in [1.82, 2.24) is 19.7 Å². The molecule has 3 heterocycles. The minimum Gasteiger partial charge on any atom is -0.346 e. The number of aromatic nitrogens is 3. The summed E-state index contributed by atoms with van der Waals surface area (Å²) in [5, 5.41) is 5.55. The molecule has 6 nitrogen and oxygen atoms in total. The van der Waals surface area contributed by atoms with E-state index in [0.29, 0.717) is 6.54 Å². The molecular weight excluding hydrogens is 437 g/mol. The van der Waals surface area contributed by atoms with Crippen molar-refractivity contribution in [1.29, 1.82) is 0 Å².